The van der Waals surface area contributed by atoms with Crippen LogP contribution in [0.1, 0.15) is 23.3 Å². The van der Waals surface area contributed by atoms with E-state index in [1.54, 1.807) is 30.4 Å². The third kappa shape index (κ3) is 3.33. The molecule has 0 bridgehead atoms. The molecule has 116 valence electrons. The fourth-order valence-corrected chi connectivity index (χ4v) is 2.89. The van der Waals surface area contributed by atoms with Crippen molar-refractivity contribution < 1.29 is 4.52 Å². The molecule has 0 amide bonds. The van der Waals surface area contributed by atoms with Crippen molar-refractivity contribution >= 4 is 35.4 Å². The largest absolute Gasteiger partial charge is 0.335 e. The second kappa shape index (κ2) is 6.79. The number of hydrogen-bond donors (Lipinski definition) is 1. The van der Waals surface area contributed by atoms with Crippen LogP contribution in [0.2, 0.25) is 10.0 Å². The van der Waals surface area contributed by atoms with Crippen LogP contribution in [0.3, 0.4) is 0 Å². The van der Waals surface area contributed by atoms with E-state index in [1.807, 2.05) is 0 Å². The van der Waals surface area contributed by atoms with Crippen molar-refractivity contribution in [1.29, 1.82) is 0 Å². The fraction of sp³-hybridized carbons (Fsp3) is 0.333. The van der Waals surface area contributed by atoms with E-state index in [1.165, 1.54) is 0 Å². The first-order chi connectivity index (χ1) is 10.6. The molecule has 0 saturated carbocycles. The molecule has 2 aromatic rings. The summed E-state index contributed by atoms with van der Waals surface area (Å²) in [5, 5.41) is 8.56. The van der Waals surface area contributed by atoms with E-state index < -0.39 is 0 Å². The first kappa shape index (κ1) is 15.5. The number of aromatic nitrogens is 2. The molecule has 1 fully saturated rings. The summed E-state index contributed by atoms with van der Waals surface area (Å²) in [6.45, 7) is 2.75. The van der Waals surface area contributed by atoms with E-state index in [0.717, 1.165) is 25.2 Å². The molecule has 3 rings (SSSR count). The van der Waals surface area contributed by atoms with E-state index in [0.29, 0.717) is 21.8 Å². The molecule has 2 heterocycles. The van der Waals surface area contributed by atoms with Crippen molar-refractivity contribution in [3.8, 4) is 0 Å². The van der Waals surface area contributed by atoms with Gasteiger partial charge in [-0.1, -0.05) is 34.4 Å². The maximum atomic E-state index is 6.12. The number of hydrogen-bond acceptors (Lipinski definition) is 5. The SMILES string of the molecule is CN1CCNCC1c1noc(/C=C/c2c(Cl)cccc2Cl)n1. The molecule has 1 aliphatic rings. The monoisotopic (exact) mass is 338 g/mol. The molecule has 0 aliphatic carbocycles. The van der Waals surface area contributed by atoms with Gasteiger partial charge < -0.3 is 9.84 Å². The van der Waals surface area contributed by atoms with Crippen LogP contribution in [0.5, 0.6) is 0 Å². The van der Waals surface area contributed by atoms with Gasteiger partial charge in [0.25, 0.3) is 5.89 Å². The lowest BCUT2D eigenvalue weighted by Crippen LogP contribution is -2.44. The molecule has 1 N–H and O–H groups in total. The molecule has 0 spiro atoms. The van der Waals surface area contributed by atoms with Crippen LogP contribution >= 0.6 is 23.2 Å². The molecule has 1 unspecified atom stereocenters. The van der Waals surface area contributed by atoms with Crippen LogP contribution in [0.4, 0.5) is 0 Å². The van der Waals surface area contributed by atoms with Gasteiger partial charge in [0.15, 0.2) is 5.82 Å². The Hall–Kier alpha value is -1.40. The van der Waals surface area contributed by atoms with Crippen LogP contribution in [-0.4, -0.2) is 41.7 Å². The van der Waals surface area contributed by atoms with E-state index in [-0.39, 0.29) is 6.04 Å². The Bertz CT molecular complexity index is 666. The number of rotatable bonds is 3. The summed E-state index contributed by atoms with van der Waals surface area (Å²) < 4.78 is 5.28. The highest BCUT2D eigenvalue weighted by Gasteiger charge is 2.24. The van der Waals surface area contributed by atoms with Crippen LogP contribution in [0, 0.1) is 0 Å². The topological polar surface area (TPSA) is 54.2 Å². The molecule has 1 aromatic heterocycles. The van der Waals surface area contributed by atoms with E-state index in [4.69, 9.17) is 27.7 Å². The summed E-state index contributed by atoms with van der Waals surface area (Å²) in [4.78, 5) is 6.63. The molecule has 1 atom stereocenters. The highest BCUT2D eigenvalue weighted by molar-refractivity contribution is 6.37. The van der Waals surface area contributed by atoms with E-state index in [9.17, 15) is 0 Å². The molecule has 7 heteroatoms. The van der Waals surface area contributed by atoms with Gasteiger partial charge in [-0.3, -0.25) is 4.90 Å². The first-order valence-electron chi connectivity index (χ1n) is 7.02. The van der Waals surface area contributed by atoms with Gasteiger partial charge in [-0.25, -0.2) is 0 Å². The summed E-state index contributed by atoms with van der Waals surface area (Å²) in [7, 11) is 2.06. The molecule has 22 heavy (non-hydrogen) atoms. The predicted molar refractivity (Wildman–Crippen MR) is 87.9 cm³/mol. The number of benzene rings is 1. The number of halogens is 2. The molecule has 1 aromatic carbocycles. The Labute approximate surface area is 138 Å². The Morgan fingerprint density at radius 1 is 1.32 bits per heavy atom. The smallest absolute Gasteiger partial charge is 0.250 e. The molecule has 0 radical (unpaired) electrons. The molecule has 5 nitrogen and oxygen atoms in total. The second-order valence-corrected chi connectivity index (χ2v) is 5.97. The van der Waals surface area contributed by atoms with Gasteiger partial charge in [-0.05, 0) is 25.3 Å². The van der Waals surface area contributed by atoms with Gasteiger partial charge in [-0.2, -0.15) is 4.98 Å². The highest BCUT2D eigenvalue weighted by Crippen LogP contribution is 2.26. The van der Waals surface area contributed by atoms with E-state index >= 15 is 0 Å². The lowest BCUT2D eigenvalue weighted by Gasteiger charge is -2.30. The van der Waals surface area contributed by atoms with Gasteiger partial charge in [0, 0.05) is 41.3 Å². The third-order valence-corrected chi connectivity index (χ3v) is 4.32. The zero-order valence-corrected chi connectivity index (χ0v) is 13.6. The van der Waals surface area contributed by atoms with Crippen molar-refractivity contribution in [2.24, 2.45) is 0 Å². The fourth-order valence-electron chi connectivity index (χ4n) is 2.37. The molecule has 1 aliphatic heterocycles. The minimum Gasteiger partial charge on any atom is -0.335 e. The van der Waals surface area contributed by atoms with Crippen molar-refractivity contribution in [2.45, 2.75) is 6.04 Å². The van der Waals surface area contributed by atoms with Crippen molar-refractivity contribution in [1.82, 2.24) is 20.4 Å². The highest BCUT2D eigenvalue weighted by atomic mass is 35.5. The number of nitrogens with one attached hydrogen (secondary N) is 1. The molecular weight excluding hydrogens is 323 g/mol. The summed E-state index contributed by atoms with van der Waals surface area (Å²) in [6, 6.07) is 5.51. The number of likely N-dealkylation sites (N-methyl/N-ethyl adjacent to an activating group) is 1. The quantitative estimate of drug-likeness (QED) is 0.931. The Balaban J connectivity index is 1.78. The van der Waals surface area contributed by atoms with Gasteiger partial charge in [-0.15, -0.1) is 0 Å². The predicted octanol–water partition coefficient (Wildman–Crippen LogP) is 3.12. The van der Waals surface area contributed by atoms with Crippen LogP contribution in [0.25, 0.3) is 12.2 Å². The molecule has 1 saturated heterocycles. The normalized spacial score (nSPS) is 19.9. The Morgan fingerprint density at radius 2 is 2.09 bits per heavy atom. The third-order valence-electron chi connectivity index (χ3n) is 3.66. The zero-order valence-electron chi connectivity index (χ0n) is 12.1. The summed E-state index contributed by atoms with van der Waals surface area (Å²) in [6.07, 6.45) is 3.50. The van der Waals surface area contributed by atoms with Crippen LogP contribution in [0.15, 0.2) is 22.7 Å². The molecular formula is C15H16Cl2N4O. The van der Waals surface area contributed by atoms with E-state index in [2.05, 4.69) is 27.4 Å². The van der Waals surface area contributed by atoms with Crippen molar-refractivity contribution in [3.63, 3.8) is 0 Å². The Kier molecular flexibility index (Phi) is 4.78. The zero-order chi connectivity index (χ0) is 15.5. The van der Waals surface area contributed by atoms with Gasteiger partial charge in [0.1, 0.15) is 0 Å². The summed E-state index contributed by atoms with van der Waals surface area (Å²) in [5.41, 5.74) is 0.738. The number of nitrogens with zero attached hydrogens (tertiary/aromatic N) is 3. The maximum absolute atomic E-state index is 6.12. The van der Waals surface area contributed by atoms with Crippen LogP contribution in [-0.2, 0) is 0 Å². The van der Waals surface area contributed by atoms with Crippen molar-refractivity contribution in [2.75, 3.05) is 26.7 Å². The lowest BCUT2D eigenvalue weighted by molar-refractivity contribution is 0.190. The number of piperazine rings is 1. The average molecular weight is 339 g/mol. The summed E-state index contributed by atoms with van der Waals surface area (Å²) >= 11 is 12.2. The van der Waals surface area contributed by atoms with Crippen molar-refractivity contribution in [3.05, 3.63) is 45.5 Å². The van der Waals surface area contributed by atoms with Gasteiger partial charge >= 0.3 is 0 Å². The Morgan fingerprint density at radius 3 is 2.82 bits per heavy atom. The summed E-state index contributed by atoms with van der Waals surface area (Å²) in [5.74, 6) is 1.12. The second-order valence-electron chi connectivity index (χ2n) is 5.16. The van der Waals surface area contributed by atoms with Crippen LogP contribution < -0.4 is 5.32 Å². The maximum Gasteiger partial charge on any atom is 0.250 e. The minimum absolute atomic E-state index is 0.128. The standard InChI is InChI=1S/C15H16Cl2N4O/c1-21-8-7-18-9-13(21)15-19-14(22-20-15)6-5-10-11(16)3-2-4-12(10)17/h2-6,13,18H,7-9H2,1H3/b6-5+. The van der Waals surface area contributed by atoms with Gasteiger partial charge in [0.2, 0.25) is 0 Å². The average Bonchev–Trinajstić information content (AvgIpc) is 2.96. The minimum atomic E-state index is 0.128. The first-order valence-corrected chi connectivity index (χ1v) is 7.77. The lowest BCUT2D eigenvalue weighted by atomic mass is 10.2. The van der Waals surface area contributed by atoms with Gasteiger partial charge in [0.05, 0.1) is 6.04 Å².